The highest BCUT2D eigenvalue weighted by atomic mass is 32.1. The minimum atomic E-state index is -0.360. The number of methoxy groups -OCH3 is 1. The summed E-state index contributed by atoms with van der Waals surface area (Å²) in [5.74, 6) is 0.573. The van der Waals surface area contributed by atoms with Crippen molar-refractivity contribution in [2.24, 2.45) is 0 Å². The predicted octanol–water partition coefficient (Wildman–Crippen LogP) is 0.711. The Labute approximate surface area is 82.4 Å². The quantitative estimate of drug-likeness (QED) is 0.723. The standard InChI is InChI=1S/C8H11N3OS/c1-9-8(13)6(12-2)7-10-4-3-5-11-7/h3-6H,1-2H3,(H,9,13). The van der Waals surface area contributed by atoms with Gasteiger partial charge in [-0.15, -0.1) is 0 Å². The molecule has 0 aliphatic carbocycles. The fourth-order valence-corrected chi connectivity index (χ4v) is 1.11. The van der Waals surface area contributed by atoms with Crippen LogP contribution in [0.3, 0.4) is 0 Å². The van der Waals surface area contributed by atoms with Crippen molar-refractivity contribution in [1.82, 2.24) is 15.3 Å². The van der Waals surface area contributed by atoms with E-state index in [0.717, 1.165) is 0 Å². The van der Waals surface area contributed by atoms with E-state index < -0.39 is 0 Å². The van der Waals surface area contributed by atoms with Gasteiger partial charge in [0.2, 0.25) is 0 Å². The third-order valence-electron chi connectivity index (χ3n) is 1.54. The number of hydrogen-bond acceptors (Lipinski definition) is 4. The lowest BCUT2D eigenvalue weighted by atomic mass is 10.3. The highest BCUT2D eigenvalue weighted by Gasteiger charge is 2.17. The normalized spacial score (nSPS) is 12.2. The molecule has 0 saturated heterocycles. The van der Waals surface area contributed by atoms with E-state index in [9.17, 15) is 0 Å². The molecule has 70 valence electrons. The zero-order valence-corrected chi connectivity index (χ0v) is 8.34. The SMILES string of the molecule is CNC(=S)C(OC)c1ncccn1. The molecule has 0 radical (unpaired) electrons. The van der Waals surface area contributed by atoms with Crippen molar-refractivity contribution in [3.8, 4) is 0 Å². The largest absolute Gasteiger partial charge is 0.380 e. The van der Waals surface area contributed by atoms with Crippen LogP contribution >= 0.6 is 12.2 Å². The molecular formula is C8H11N3OS. The molecule has 4 nitrogen and oxygen atoms in total. The van der Waals surface area contributed by atoms with E-state index in [0.29, 0.717) is 10.8 Å². The molecule has 0 aromatic carbocycles. The first-order valence-electron chi connectivity index (χ1n) is 3.81. The molecule has 0 spiro atoms. The molecule has 13 heavy (non-hydrogen) atoms. The van der Waals surface area contributed by atoms with Crippen LogP contribution in [0.15, 0.2) is 18.5 Å². The van der Waals surface area contributed by atoms with Crippen molar-refractivity contribution < 1.29 is 4.74 Å². The Balaban J connectivity index is 2.85. The maximum atomic E-state index is 5.16. The number of likely N-dealkylation sites (N-methyl/N-ethyl adjacent to an activating group) is 1. The van der Waals surface area contributed by atoms with E-state index in [1.165, 1.54) is 0 Å². The molecule has 1 unspecified atom stereocenters. The smallest absolute Gasteiger partial charge is 0.166 e. The number of rotatable bonds is 3. The van der Waals surface area contributed by atoms with Crippen molar-refractivity contribution in [3.05, 3.63) is 24.3 Å². The fraction of sp³-hybridized carbons (Fsp3) is 0.375. The zero-order valence-electron chi connectivity index (χ0n) is 7.52. The Morgan fingerprint density at radius 1 is 1.54 bits per heavy atom. The van der Waals surface area contributed by atoms with Crippen LogP contribution in [0.4, 0.5) is 0 Å². The summed E-state index contributed by atoms with van der Waals surface area (Å²) < 4.78 is 5.16. The lowest BCUT2D eigenvalue weighted by molar-refractivity contribution is 0.150. The third kappa shape index (κ3) is 2.43. The van der Waals surface area contributed by atoms with Gasteiger partial charge in [0.05, 0.1) is 0 Å². The first kappa shape index (κ1) is 10.0. The molecule has 0 aliphatic heterocycles. The average molecular weight is 197 g/mol. The molecule has 1 aromatic heterocycles. The van der Waals surface area contributed by atoms with Gasteiger partial charge in [-0.25, -0.2) is 9.97 Å². The highest BCUT2D eigenvalue weighted by molar-refractivity contribution is 7.80. The highest BCUT2D eigenvalue weighted by Crippen LogP contribution is 2.11. The van der Waals surface area contributed by atoms with E-state index in [1.807, 2.05) is 0 Å². The minimum absolute atomic E-state index is 0.360. The van der Waals surface area contributed by atoms with Gasteiger partial charge in [-0.05, 0) is 6.07 Å². The summed E-state index contributed by atoms with van der Waals surface area (Å²) >= 11 is 5.04. The van der Waals surface area contributed by atoms with E-state index in [-0.39, 0.29) is 6.10 Å². The van der Waals surface area contributed by atoms with Gasteiger partial charge in [0.15, 0.2) is 11.9 Å². The number of thiocarbonyl (C=S) groups is 1. The Hall–Kier alpha value is -1.07. The lowest BCUT2D eigenvalue weighted by Gasteiger charge is -2.13. The molecule has 0 bridgehead atoms. The molecule has 0 amide bonds. The van der Waals surface area contributed by atoms with Crippen molar-refractivity contribution in [2.45, 2.75) is 6.10 Å². The number of ether oxygens (including phenoxy) is 1. The first-order valence-corrected chi connectivity index (χ1v) is 4.21. The third-order valence-corrected chi connectivity index (χ3v) is 1.96. The number of hydrogen-bond donors (Lipinski definition) is 1. The summed E-state index contributed by atoms with van der Waals surface area (Å²) in [4.78, 5) is 8.69. The predicted molar refractivity (Wildman–Crippen MR) is 53.4 cm³/mol. The van der Waals surface area contributed by atoms with E-state index in [1.54, 1.807) is 32.6 Å². The molecule has 0 saturated carbocycles. The van der Waals surface area contributed by atoms with Crippen LogP contribution in [0.2, 0.25) is 0 Å². The topological polar surface area (TPSA) is 47.0 Å². The van der Waals surface area contributed by atoms with Crippen molar-refractivity contribution in [2.75, 3.05) is 14.2 Å². The van der Waals surface area contributed by atoms with Crippen LogP contribution < -0.4 is 5.32 Å². The maximum absolute atomic E-state index is 5.16. The molecule has 0 aliphatic rings. The van der Waals surface area contributed by atoms with Crippen LogP contribution in [-0.4, -0.2) is 29.1 Å². The summed E-state index contributed by atoms with van der Waals surface area (Å²) in [5, 5.41) is 2.84. The summed E-state index contributed by atoms with van der Waals surface area (Å²) in [7, 11) is 3.32. The van der Waals surface area contributed by atoms with E-state index in [4.69, 9.17) is 17.0 Å². The summed E-state index contributed by atoms with van der Waals surface area (Å²) in [5.41, 5.74) is 0. The molecule has 0 fully saturated rings. The molecule has 1 heterocycles. The minimum Gasteiger partial charge on any atom is -0.380 e. The number of nitrogens with zero attached hydrogens (tertiary/aromatic N) is 2. The molecule has 1 aromatic rings. The van der Waals surface area contributed by atoms with Gasteiger partial charge in [-0.2, -0.15) is 0 Å². The van der Waals surface area contributed by atoms with Crippen molar-refractivity contribution in [3.63, 3.8) is 0 Å². The Morgan fingerprint density at radius 2 is 2.15 bits per heavy atom. The van der Waals surface area contributed by atoms with Gasteiger partial charge in [0, 0.05) is 26.6 Å². The van der Waals surface area contributed by atoms with Gasteiger partial charge in [0.25, 0.3) is 0 Å². The number of aromatic nitrogens is 2. The average Bonchev–Trinajstić information content (AvgIpc) is 2.20. The molecule has 1 atom stereocenters. The second-order valence-corrected chi connectivity index (χ2v) is 2.78. The summed E-state index contributed by atoms with van der Waals surface area (Å²) in [6.45, 7) is 0. The Morgan fingerprint density at radius 3 is 2.62 bits per heavy atom. The molecule has 1 N–H and O–H groups in total. The Bertz CT molecular complexity index is 278. The molecule has 5 heteroatoms. The van der Waals surface area contributed by atoms with E-state index in [2.05, 4.69) is 15.3 Å². The zero-order chi connectivity index (χ0) is 9.68. The van der Waals surface area contributed by atoms with Crippen LogP contribution in [0, 0.1) is 0 Å². The second-order valence-electron chi connectivity index (χ2n) is 2.34. The summed E-state index contributed by atoms with van der Waals surface area (Å²) in [6.07, 6.45) is 2.96. The van der Waals surface area contributed by atoms with Gasteiger partial charge in [-0.1, -0.05) is 12.2 Å². The summed E-state index contributed by atoms with van der Waals surface area (Å²) in [6, 6.07) is 1.75. The molecular weight excluding hydrogens is 186 g/mol. The van der Waals surface area contributed by atoms with Crippen LogP contribution in [0.1, 0.15) is 11.9 Å². The van der Waals surface area contributed by atoms with Gasteiger partial charge < -0.3 is 10.1 Å². The van der Waals surface area contributed by atoms with Gasteiger partial charge >= 0.3 is 0 Å². The van der Waals surface area contributed by atoms with Crippen molar-refractivity contribution >= 4 is 17.2 Å². The van der Waals surface area contributed by atoms with Crippen LogP contribution in [0.25, 0.3) is 0 Å². The maximum Gasteiger partial charge on any atom is 0.166 e. The van der Waals surface area contributed by atoms with Crippen LogP contribution in [0.5, 0.6) is 0 Å². The second kappa shape index (κ2) is 4.84. The lowest BCUT2D eigenvalue weighted by Crippen LogP contribution is -2.26. The Kier molecular flexibility index (Phi) is 3.72. The fourth-order valence-electron chi connectivity index (χ4n) is 0.907. The van der Waals surface area contributed by atoms with Gasteiger partial charge in [-0.3, -0.25) is 0 Å². The molecule has 1 rings (SSSR count). The van der Waals surface area contributed by atoms with Gasteiger partial charge in [0.1, 0.15) is 4.99 Å². The number of nitrogens with one attached hydrogen (secondary N) is 1. The van der Waals surface area contributed by atoms with Crippen molar-refractivity contribution in [1.29, 1.82) is 0 Å². The van der Waals surface area contributed by atoms with E-state index >= 15 is 0 Å². The monoisotopic (exact) mass is 197 g/mol. The van der Waals surface area contributed by atoms with Crippen LogP contribution in [-0.2, 0) is 4.74 Å². The first-order chi connectivity index (χ1) is 6.29.